The van der Waals surface area contributed by atoms with Crippen molar-refractivity contribution in [1.82, 2.24) is 0 Å². The number of fused-ring (bicyclic) bond motifs is 3. The van der Waals surface area contributed by atoms with Crippen LogP contribution in [0.1, 0.15) is 29.5 Å². The molecule has 2 heteroatoms. The van der Waals surface area contributed by atoms with Gasteiger partial charge >= 0.3 is 0 Å². The van der Waals surface area contributed by atoms with Gasteiger partial charge in [-0.15, -0.1) is 0 Å². The molecule has 1 heterocycles. The van der Waals surface area contributed by atoms with Crippen LogP contribution in [-0.4, -0.2) is 0 Å². The van der Waals surface area contributed by atoms with Gasteiger partial charge in [-0.25, -0.2) is 0 Å². The first kappa shape index (κ1) is 12.0. The van der Waals surface area contributed by atoms with Gasteiger partial charge in [-0.2, -0.15) is 0 Å². The minimum atomic E-state index is 0.290. The van der Waals surface area contributed by atoms with Crippen LogP contribution in [0, 0.1) is 5.92 Å². The number of hydrogen-bond acceptors (Lipinski definition) is 1. The average molecular weight is 282 g/mol. The van der Waals surface area contributed by atoms with E-state index in [-0.39, 0.29) is 0 Å². The molecule has 100 valence electrons. The van der Waals surface area contributed by atoms with Crippen molar-refractivity contribution >= 4 is 17.3 Å². The fourth-order valence-electron chi connectivity index (χ4n) is 3.58. The normalized spacial score (nSPS) is 26.8. The van der Waals surface area contributed by atoms with E-state index in [2.05, 4.69) is 53.9 Å². The number of benzene rings is 2. The van der Waals surface area contributed by atoms with Crippen molar-refractivity contribution in [2.75, 3.05) is 5.32 Å². The largest absolute Gasteiger partial charge is 0.378 e. The number of nitrogens with one attached hydrogen (secondary N) is 1. The highest BCUT2D eigenvalue weighted by molar-refractivity contribution is 6.31. The number of para-hydroxylation sites is 1. The minimum absolute atomic E-state index is 0.290. The molecule has 1 nitrogen and oxygen atoms in total. The molecule has 2 aliphatic rings. The maximum absolute atomic E-state index is 6.41. The maximum atomic E-state index is 6.41. The van der Waals surface area contributed by atoms with E-state index in [1.165, 1.54) is 16.8 Å². The summed E-state index contributed by atoms with van der Waals surface area (Å²) in [5.74, 6) is 1.07. The summed E-state index contributed by atoms with van der Waals surface area (Å²) in [5.41, 5.74) is 3.86. The van der Waals surface area contributed by atoms with Gasteiger partial charge in [-0.1, -0.05) is 60.2 Å². The summed E-state index contributed by atoms with van der Waals surface area (Å²) in [6.07, 6.45) is 5.78. The molecule has 20 heavy (non-hydrogen) atoms. The van der Waals surface area contributed by atoms with Crippen LogP contribution in [0.2, 0.25) is 5.02 Å². The zero-order chi connectivity index (χ0) is 13.5. The van der Waals surface area contributed by atoms with Gasteiger partial charge in [0, 0.05) is 16.6 Å². The molecule has 0 spiro atoms. The lowest BCUT2D eigenvalue weighted by molar-refractivity contribution is 0.425. The van der Waals surface area contributed by atoms with E-state index < -0.39 is 0 Å². The third kappa shape index (κ3) is 1.77. The number of rotatable bonds is 1. The Bertz CT molecular complexity index is 677. The third-order valence-corrected chi connectivity index (χ3v) is 4.86. The molecule has 0 unspecified atom stereocenters. The molecule has 0 amide bonds. The fourth-order valence-corrected chi connectivity index (χ4v) is 3.83. The lowest BCUT2D eigenvalue weighted by atomic mass is 9.77. The Hall–Kier alpha value is -1.73. The second kappa shape index (κ2) is 4.68. The quantitative estimate of drug-likeness (QED) is 0.711. The highest BCUT2D eigenvalue weighted by atomic mass is 35.5. The predicted molar refractivity (Wildman–Crippen MR) is 84.2 cm³/mol. The molecule has 1 aliphatic carbocycles. The van der Waals surface area contributed by atoms with E-state index in [1.807, 2.05) is 12.1 Å². The number of allylic oxidation sites excluding steroid dienone is 2. The van der Waals surface area contributed by atoms with Crippen molar-refractivity contribution in [2.45, 2.75) is 18.4 Å². The molecule has 4 rings (SSSR count). The summed E-state index contributed by atoms with van der Waals surface area (Å²) < 4.78 is 0. The second-order valence-electron chi connectivity index (χ2n) is 5.58. The lowest BCUT2D eigenvalue weighted by Gasteiger charge is -2.37. The van der Waals surface area contributed by atoms with Gasteiger partial charge in [0.2, 0.25) is 0 Å². The van der Waals surface area contributed by atoms with Crippen LogP contribution < -0.4 is 5.32 Å². The molecule has 0 saturated heterocycles. The smallest absolute Gasteiger partial charge is 0.0568 e. The highest BCUT2D eigenvalue weighted by Crippen LogP contribution is 2.50. The SMILES string of the molecule is Clc1ccccc1[C@@H]1Nc2ccccc2[C@@H]2C=CC[C@@H]21. The summed E-state index contributed by atoms with van der Waals surface area (Å²) in [6.45, 7) is 0. The van der Waals surface area contributed by atoms with Crippen LogP contribution in [0.25, 0.3) is 0 Å². The van der Waals surface area contributed by atoms with Crippen molar-refractivity contribution in [1.29, 1.82) is 0 Å². The van der Waals surface area contributed by atoms with E-state index in [9.17, 15) is 0 Å². The molecule has 0 aromatic heterocycles. The van der Waals surface area contributed by atoms with Crippen molar-refractivity contribution in [3.8, 4) is 0 Å². The summed E-state index contributed by atoms with van der Waals surface area (Å²) in [4.78, 5) is 0. The van der Waals surface area contributed by atoms with Gasteiger partial charge in [-0.05, 0) is 35.6 Å². The van der Waals surface area contributed by atoms with Crippen molar-refractivity contribution in [2.24, 2.45) is 5.92 Å². The van der Waals surface area contributed by atoms with E-state index in [0.29, 0.717) is 17.9 Å². The Morgan fingerprint density at radius 1 is 0.950 bits per heavy atom. The Labute approximate surface area is 124 Å². The van der Waals surface area contributed by atoms with Crippen molar-refractivity contribution < 1.29 is 0 Å². The van der Waals surface area contributed by atoms with Crippen molar-refractivity contribution in [3.63, 3.8) is 0 Å². The Morgan fingerprint density at radius 3 is 2.55 bits per heavy atom. The maximum Gasteiger partial charge on any atom is 0.0568 e. The van der Waals surface area contributed by atoms with E-state index in [4.69, 9.17) is 11.6 Å². The summed E-state index contributed by atoms with van der Waals surface area (Å²) in [6, 6.07) is 17.1. The van der Waals surface area contributed by atoms with Crippen molar-refractivity contribution in [3.05, 3.63) is 76.8 Å². The van der Waals surface area contributed by atoms with Crippen LogP contribution in [0.5, 0.6) is 0 Å². The Kier molecular flexibility index (Phi) is 2.82. The molecule has 0 saturated carbocycles. The first-order chi connectivity index (χ1) is 9.84. The van der Waals surface area contributed by atoms with Crippen LogP contribution in [0.3, 0.4) is 0 Å². The van der Waals surface area contributed by atoms with Crippen LogP contribution in [0.4, 0.5) is 5.69 Å². The molecule has 0 bridgehead atoms. The Balaban J connectivity index is 1.82. The molecule has 0 fully saturated rings. The van der Waals surface area contributed by atoms with Crippen LogP contribution >= 0.6 is 11.6 Å². The molecule has 3 atom stereocenters. The highest BCUT2D eigenvalue weighted by Gasteiger charge is 2.38. The standard InChI is InChI=1S/C18H16ClN/c19-16-10-3-1-7-15(16)18-14-9-5-8-12(14)13-6-2-4-11-17(13)20-18/h1-8,10-12,14,18,20H,9H2/t12-,14-,18+/m0/s1. The molecule has 1 aliphatic heterocycles. The molecule has 0 radical (unpaired) electrons. The first-order valence-corrected chi connectivity index (χ1v) is 7.49. The Morgan fingerprint density at radius 2 is 1.70 bits per heavy atom. The average Bonchev–Trinajstić information content (AvgIpc) is 2.97. The van der Waals surface area contributed by atoms with E-state index >= 15 is 0 Å². The van der Waals surface area contributed by atoms with E-state index in [0.717, 1.165) is 11.4 Å². The van der Waals surface area contributed by atoms with Gasteiger partial charge in [0.25, 0.3) is 0 Å². The molecule has 1 N–H and O–H groups in total. The van der Waals surface area contributed by atoms with Gasteiger partial charge in [-0.3, -0.25) is 0 Å². The fraction of sp³-hybridized carbons (Fsp3) is 0.222. The van der Waals surface area contributed by atoms with Crippen LogP contribution in [-0.2, 0) is 0 Å². The first-order valence-electron chi connectivity index (χ1n) is 7.11. The second-order valence-corrected chi connectivity index (χ2v) is 5.99. The zero-order valence-electron chi connectivity index (χ0n) is 11.1. The number of anilines is 1. The van der Waals surface area contributed by atoms with Gasteiger partial charge < -0.3 is 5.32 Å². The molecule has 2 aromatic rings. The summed E-state index contributed by atoms with van der Waals surface area (Å²) in [5, 5.41) is 4.56. The minimum Gasteiger partial charge on any atom is -0.378 e. The zero-order valence-corrected chi connectivity index (χ0v) is 11.8. The summed E-state index contributed by atoms with van der Waals surface area (Å²) >= 11 is 6.41. The van der Waals surface area contributed by atoms with Gasteiger partial charge in [0.1, 0.15) is 0 Å². The molecular weight excluding hydrogens is 266 g/mol. The van der Waals surface area contributed by atoms with Crippen LogP contribution in [0.15, 0.2) is 60.7 Å². The lowest BCUT2D eigenvalue weighted by Crippen LogP contribution is -2.29. The van der Waals surface area contributed by atoms with Gasteiger partial charge in [0.15, 0.2) is 0 Å². The summed E-state index contributed by atoms with van der Waals surface area (Å²) in [7, 11) is 0. The topological polar surface area (TPSA) is 12.0 Å². The van der Waals surface area contributed by atoms with Gasteiger partial charge in [0.05, 0.1) is 6.04 Å². The monoisotopic (exact) mass is 281 g/mol. The number of hydrogen-bond donors (Lipinski definition) is 1. The third-order valence-electron chi connectivity index (χ3n) is 4.51. The van der Waals surface area contributed by atoms with E-state index in [1.54, 1.807) is 0 Å². The molecule has 2 aromatic carbocycles. The number of halogens is 1. The predicted octanol–water partition coefficient (Wildman–Crippen LogP) is 5.17. The molecular formula is C18H16ClN.